The molecular formula is C15H16Cl2N2O2S. The largest absolute Gasteiger partial charge is 0.394 e. The highest BCUT2D eigenvalue weighted by Gasteiger charge is 2.20. The molecule has 118 valence electrons. The van der Waals surface area contributed by atoms with Crippen LogP contribution in [0.4, 0.5) is 0 Å². The van der Waals surface area contributed by atoms with Crippen molar-refractivity contribution in [2.45, 2.75) is 36.6 Å². The number of Topliss-reactive ketones (excluding diaryl/α,β-unsaturated/α-hetero) is 1. The maximum atomic E-state index is 11.9. The zero-order valence-electron chi connectivity index (χ0n) is 12.3. The van der Waals surface area contributed by atoms with Crippen LogP contribution in [0.15, 0.2) is 28.0 Å². The summed E-state index contributed by atoms with van der Waals surface area (Å²) >= 11 is 13.5. The normalized spacial score (nSPS) is 11.0. The van der Waals surface area contributed by atoms with Crippen molar-refractivity contribution in [2.24, 2.45) is 0 Å². The van der Waals surface area contributed by atoms with E-state index >= 15 is 0 Å². The summed E-state index contributed by atoms with van der Waals surface area (Å²) in [6, 6.07) is 5.25. The van der Waals surface area contributed by atoms with Crippen molar-refractivity contribution in [2.75, 3.05) is 6.61 Å². The van der Waals surface area contributed by atoms with Crippen molar-refractivity contribution in [3.63, 3.8) is 0 Å². The zero-order chi connectivity index (χ0) is 16.3. The molecule has 0 aliphatic carbocycles. The van der Waals surface area contributed by atoms with Crippen molar-refractivity contribution in [1.82, 2.24) is 9.78 Å². The number of carbonyl (C=O) groups excluding carboxylic acids is 1. The Kier molecular flexibility index (Phi) is 5.92. The lowest BCUT2D eigenvalue weighted by molar-refractivity contribution is 0.100. The van der Waals surface area contributed by atoms with Gasteiger partial charge >= 0.3 is 0 Å². The van der Waals surface area contributed by atoms with E-state index in [4.69, 9.17) is 28.3 Å². The van der Waals surface area contributed by atoms with E-state index in [1.54, 1.807) is 22.9 Å². The molecule has 0 radical (unpaired) electrons. The van der Waals surface area contributed by atoms with E-state index in [1.165, 1.54) is 18.7 Å². The predicted molar refractivity (Wildman–Crippen MR) is 89.3 cm³/mol. The minimum absolute atomic E-state index is 0.0286. The fourth-order valence-corrected chi connectivity index (χ4v) is 4.06. The molecule has 0 saturated carbocycles. The van der Waals surface area contributed by atoms with Gasteiger partial charge in [0.1, 0.15) is 5.69 Å². The van der Waals surface area contributed by atoms with Crippen LogP contribution in [-0.4, -0.2) is 27.3 Å². The van der Waals surface area contributed by atoms with E-state index in [9.17, 15) is 4.79 Å². The molecule has 1 aromatic heterocycles. The van der Waals surface area contributed by atoms with Crippen LogP contribution in [0.3, 0.4) is 0 Å². The summed E-state index contributed by atoms with van der Waals surface area (Å²) in [5.74, 6) is -0.109. The van der Waals surface area contributed by atoms with Crippen LogP contribution >= 0.6 is 35.0 Å². The van der Waals surface area contributed by atoms with E-state index in [2.05, 4.69) is 5.10 Å². The van der Waals surface area contributed by atoms with Crippen LogP contribution in [0.5, 0.6) is 0 Å². The van der Waals surface area contributed by atoms with Crippen molar-refractivity contribution in [1.29, 1.82) is 0 Å². The third kappa shape index (κ3) is 3.84. The third-order valence-electron chi connectivity index (χ3n) is 3.05. The Balaban J connectivity index is 2.49. The smallest absolute Gasteiger partial charge is 0.181 e. The van der Waals surface area contributed by atoms with Gasteiger partial charge in [0.25, 0.3) is 0 Å². The molecule has 0 saturated heterocycles. The minimum Gasteiger partial charge on any atom is -0.394 e. The van der Waals surface area contributed by atoms with E-state index in [0.717, 1.165) is 15.5 Å². The van der Waals surface area contributed by atoms with Gasteiger partial charge in [0, 0.05) is 21.9 Å². The average molecular weight is 359 g/mol. The lowest BCUT2D eigenvalue weighted by atomic mass is 10.2. The van der Waals surface area contributed by atoms with Crippen LogP contribution in [0.25, 0.3) is 0 Å². The molecule has 0 spiro atoms. The molecule has 4 nitrogen and oxygen atoms in total. The van der Waals surface area contributed by atoms with Crippen molar-refractivity contribution >= 4 is 40.7 Å². The van der Waals surface area contributed by atoms with Gasteiger partial charge in [-0.2, -0.15) is 5.10 Å². The first-order chi connectivity index (χ1) is 10.5. The number of ketones is 1. The summed E-state index contributed by atoms with van der Waals surface area (Å²) in [6.45, 7) is 3.81. The van der Waals surface area contributed by atoms with Gasteiger partial charge in [-0.25, -0.2) is 0 Å². The number of aromatic nitrogens is 2. The van der Waals surface area contributed by atoms with Gasteiger partial charge in [0.2, 0.25) is 0 Å². The van der Waals surface area contributed by atoms with Gasteiger partial charge in [-0.1, -0.05) is 41.9 Å². The van der Waals surface area contributed by atoms with Gasteiger partial charge in [0.05, 0.1) is 23.7 Å². The molecule has 0 fully saturated rings. The summed E-state index contributed by atoms with van der Waals surface area (Å²) < 4.78 is 1.69. The van der Waals surface area contributed by atoms with Crippen molar-refractivity contribution in [3.8, 4) is 0 Å². The Bertz CT molecular complexity index is 681. The molecule has 0 atom stereocenters. The molecule has 0 bridgehead atoms. The van der Waals surface area contributed by atoms with Gasteiger partial charge in [0.15, 0.2) is 5.78 Å². The number of rotatable bonds is 6. The number of benzene rings is 1. The van der Waals surface area contributed by atoms with Crippen LogP contribution in [0.1, 0.15) is 30.0 Å². The molecule has 1 aromatic carbocycles. The minimum atomic E-state index is -0.109. The number of nitrogens with zero attached hydrogens (tertiary/aromatic N) is 2. The Hall–Kier alpha value is -1.01. The van der Waals surface area contributed by atoms with Crippen molar-refractivity contribution in [3.05, 3.63) is 39.6 Å². The molecule has 0 unspecified atom stereocenters. The van der Waals surface area contributed by atoms with Gasteiger partial charge in [-0.15, -0.1) is 0 Å². The summed E-state index contributed by atoms with van der Waals surface area (Å²) in [4.78, 5) is 13.5. The average Bonchev–Trinajstić information content (AvgIpc) is 2.76. The van der Waals surface area contributed by atoms with E-state index in [-0.39, 0.29) is 12.4 Å². The first-order valence-corrected chi connectivity index (χ1v) is 8.39. The molecule has 7 heteroatoms. The van der Waals surface area contributed by atoms with Crippen LogP contribution in [0, 0.1) is 0 Å². The second-order valence-corrected chi connectivity index (χ2v) is 6.64. The highest BCUT2D eigenvalue weighted by molar-refractivity contribution is 7.99. The number of aliphatic hydroxyl groups is 1. The summed E-state index contributed by atoms with van der Waals surface area (Å²) in [5.41, 5.74) is 1.33. The predicted octanol–water partition coefficient (Wildman–Crippen LogP) is 4.10. The number of aliphatic hydroxyl groups excluding tert-OH is 1. The summed E-state index contributed by atoms with van der Waals surface area (Å²) in [5, 5.41) is 14.6. The lowest BCUT2D eigenvalue weighted by Gasteiger charge is -2.07. The van der Waals surface area contributed by atoms with Gasteiger partial charge < -0.3 is 5.11 Å². The molecule has 1 N–H and O–H groups in total. The second-order valence-electron chi connectivity index (χ2n) is 4.69. The number of halogens is 2. The monoisotopic (exact) mass is 358 g/mol. The first kappa shape index (κ1) is 17.3. The Morgan fingerprint density at radius 3 is 2.45 bits per heavy atom. The van der Waals surface area contributed by atoms with Gasteiger partial charge in [-0.05, 0) is 24.6 Å². The number of hydrogen-bond acceptors (Lipinski definition) is 4. The molecule has 2 aromatic rings. The molecule has 0 aliphatic rings. The number of carbonyl (C=O) groups is 1. The molecule has 1 heterocycles. The highest BCUT2D eigenvalue weighted by atomic mass is 35.5. The molecule has 0 amide bonds. The van der Waals surface area contributed by atoms with Crippen LogP contribution < -0.4 is 0 Å². The maximum Gasteiger partial charge on any atom is 0.181 e. The Labute approximate surface area is 143 Å². The number of hydrogen-bond donors (Lipinski definition) is 1. The first-order valence-electron chi connectivity index (χ1n) is 6.81. The lowest BCUT2D eigenvalue weighted by Crippen LogP contribution is -2.08. The SMILES string of the molecule is CCc1c(Sc2cc(Cl)cc(Cl)c2)c(C(C)=O)nn1CCO. The van der Waals surface area contributed by atoms with E-state index in [1.807, 2.05) is 6.92 Å². The second kappa shape index (κ2) is 7.51. The molecule has 2 rings (SSSR count). The van der Waals surface area contributed by atoms with E-state index < -0.39 is 0 Å². The van der Waals surface area contributed by atoms with Crippen LogP contribution in [-0.2, 0) is 13.0 Å². The molecule has 22 heavy (non-hydrogen) atoms. The maximum absolute atomic E-state index is 11.9. The highest BCUT2D eigenvalue weighted by Crippen LogP contribution is 2.36. The third-order valence-corrected chi connectivity index (χ3v) is 4.59. The fourth-order valence-electron chi connectivity index (χ4n) is 2.15. The Morgan fingerprint density at radius 2 is 1.95 bits per heavy atom. The topological polar surface area (TPSA) is 55.1 Å². The van der Waals surface area contributed by atoms with Crippen molar-refractivity contribution < 1.29 is 9.90 Å². The standard InChI is InChI=1S/C15H16Cl2N2O2S/c1-3-13-15(14(9(2)21)18-19(13)4-5-20)22-12-7-10(16)6-11(17)8-12/h6-8,20H,3-5H2,1-2H3. The molecular weight excluding hydrogens is 343 g/mol. The Morgan fingerprint density at radius 1 is 1.32 bits per heavy atom. The summed E-state index contributed by atoms with van der Waals surface area (Å²) in [6.07, 6.45) is 0.705. The van der Waals surface area contributed by atoms with E-state index in [0.29, 0.717) is 28.7 Å². The summed E-state index contributed by atoms with van der Waals surface area (Å²) in [7, 11) is 0. The molecule has 0 aliphatic heterocycles. The fraction of sp³-hybridized carbons (Fsp3) is 0.333. The van der Waals surface area contributed by atoms with Gasteiger partial charge in [-0.3, -0.25) is 9.48 Å². The quantitative estimate of drug-likeness (QED) is 0.789. The zero-order valence-corrected chi connectivity index (χ0v) is 14.6. The van der Waals surface area contributed by atoms with Crippen LogP contribution in [0.2, 0.25) is 10.0 Å².